The van der Waals surface area contributed by atoms with E-state index in [1.807, 2.05) is 26.8 Å². The van der Waals surface area contributed by atoms with Crippen molar-refractivity contribution in [2.45, 2.75) is 25.9 Å². The molecule has 0 aromatic carbocycles. The number of hydrogen-bond acceptors (Lipinski definition) is 5. The molecule has 2 heterocycles. The normalized spacial score (nSPS) is 10.8. The third-order valence-corrected chi connectivity index (χ3v) is 3.47. The zero-order valence-corrected chi connectivity index (χ0v) is 11.5. The Morgan fingerprint density at radius 1 is 1.44 bits per heavy atom. The summed E-state index contributed by atoms with van der Waals surface area (Å²) in [5.74, 6) is 7.27. The molecular formula is C11H16N6S. The molecule has 0 radical (unpaired) electrons. The van der Waals surface area contributed by atoms with E-state index < -0.39 is 0 Å². The molecule has 7 heteroatoms. The molecule has 0 atom stereocenters. The highest BCUT2D eigenvalue weighted by molar-refractivity contribution is 7.99. The van der Waals surface area contributed by atoms with Crippen molar-refractivity contribution in [3.8, 4) is 5.95 Å². The van der Waals surface area contributed by atoms with Crippen molar-refractivity contribution in [1.82, 2.24) is 24.7 Å². The van der Waals surface area contributed by atoms with Crippen LogP contribution in [-0.2, 0) is 0 Å². The van der Waals surface area contributed by atoms with Gasteiger partial charge in [0.15, 0.2) is 0 Å². The van der Waals surface area contributed by atoms with Crippen molar-refractivity contribution < 1.29 is 0 Å². The molecule has 2 aromatic heterocycles. The predicted molar refractivity (Wildman–Crippen MR) is 72.3 cm³/mol. The number of aryl methyl sites for hydroxylation is 2. The van der Waals surface area contributed by atoms with Crippen molar-refractivity contribution in [3.63, 3.8) is 0 Å². The topological polar surface area (TPSA) is 74.5 Å². The summed E-state index contributed by atoms with van der Waals surface area (Å²) >= 11 is 1.51. The van der Waals surface area contributed by atoms with Gasteiger partial charge in [0, 0.05) is 11.4 Å². The predicted octanol–water partition coefficient (Wildman–Crippen LogP) is 1.46. The zero-order chi connectivity index (χ0) is 13.3. The van der Waals surface area contributed by atoms with Gasteiger partial charge >= 0.3 is 0 Å². The Balaban J connectivity index is 2.30. The molecule has 2 aromatic rings. The Morgan fingerprint density at radius 2 is 2.17 bits per heavy atom. The monoisotopic (exact) mass is 264 g/mol. The van der Waals surface area contributed by atoms with Crippen molar-refractivity contribution in [2.75, 3.05) is 11.6 Å². The molecule has 0 aliphatic rings. The molecule has 18 heavy (non-hydrogen) atoms. The van der Waals surface area contributed by atoms with E-state index in [0.717, 1.165) is 22.7 Å². The highest BCUT2D eigenvalue weighted by Gasteiger charge is 2.14. The van der Waals surface area contributed by atoms with Crippen LogP contribution in [-0.4, -0.2) is 30.4 Å². The highest BCUT2D eigenvalue weighted by atomic mass is 32.2. The van der Waals surface area contributed by atoms with Crippen LogP contribution in [0.2, 0.25) is 0 Å². The third-order valence-electron chi connectivity index (χ3n) is 2.29. The van der Waals surface area contributed by atoms with E-state index in [4.69, 9.17) is 5.84 Å². The van der Waals surface area contributed by atoms with Crippen LogP contribution in [0.3, 0.4) is 0 Å². The Kier molecular flexibility index (Phi) is 3.42. The average molecular weight is 264 g/mol. The summed E-state index contributed by atoms with van der Waals surface area (Å²) in [6, 6.07) is 1.97. The van der Waals surface area contributed by atoms with Gasteiger partial charge in [0.1, 0.15) is 0 Å². The molecule has 0 aliphatic carbocycles. The number of hydrogen-bond donors (Lipinski definition) is 1. The minimum Gasteiger partial charge on any atom is -0.334 e. The van der Waals surface area contributed by atoms with E-state index in [0.29, 0.717) is 11.1 Å². The molecule has 0 fully saturated rings. The smallest absolute Gasteiger partial charge is 0.271 e. The van der Waals surface area contributed by atoms with Gasteiger partial charge in [0.2, 0.25) is 5.16 Å². The number of thioether (sulfide) groups is 1. The maximum Gasteiger partial charge on any atom is 0.271 e. The van der Waals surface area contributed by atoms with E-state index in [9.17, 15) is 0 Å². The molecule has 0 saturated heterocycles. The molecule has 96 valence electrons. The van der Waals surface area contributed by atoms with Crippen LogP contribution in [0.25, 0.3) is 5.95 Å². The molecule has 0 spiro atoms. The summed E-state index contributed by atoms with van der Waals surface area (Å²) in [6.07, 6.45) is 0. The first-order valence-corrected chi connectivity index (χ1v) is 6.49. The fourth-order valence-corrected chi connectivity index (χ4v) is 2.23. The fourth-order valence-electron chi connectivity index (χ4n) is 1.53. The van der Waals surface area contributed by atoms with Crippen LogP contribution >= 0.6 is 11.8 Å². The SMILES string of the molecule is C=C(C)CSc1nnc(-n2nc(C)cc2C)n1N. The van der Waals surface area contributed by atoms with E-state index in [1.54, 1.807) is 4.68 Å². The van der Waals surface area contributed by atoms with E-state index in [-0.39, 0.29) is 0 Å². The minimum absolute atomic E-state index is 0.518. The second kappa shape index (κ2) is 4.85. The minimum atomic E-state index is 0.518. The van der Waals surface area contributed by atoms with Gasteiger partial charge in [-0.2, -0.15) is 5.10 Å². The standard InChI is InChI=1S/C11H16N6S/c1-7(2)6-18-11-14-13-10(16(11)12)17-9(4)5-8(3)15-17/h5H,1,6,12H2,2-4H3. The lowest BCUT2D eigenvalue weighted by Gasteiger charge is -2.04. The maximum absolute atomic E-state index is 5.98. The lowest BCUT2D eigenvalue weighted by molar-refractivity contribution is 0.727. The third kappa shape index (κ3) is 2.40. The molecule has 2 N–H and O–H groups in total. The summed E-state index contributed by atoms with van der Waals surface area (Å²) < 4.78 is 3.14. The molecule has 2 rings (SSSR count). The van der Waals surface area contributed by atoms with E-state index >= 15 is 0 Å². The second-order valence-electron chi connectivity index (χ2n) is 4.24. The number of nitrogens with two attached hydrogens (primary N) is 1. The van der Waals surface area contributed by atoms with Gasteiger partial charge in [0.05, 0.1) is 5.69 Å². The molecule has 0 unspecified atom stereocenters. The fraction of sp³-hybridized carbons (Fsp3) is 0.364. The van der Waals surface area contributed by atoms with Gasteiger partial charge in [-0.15, -0.1) is 10.2 Å². The highest BCUT2D eigenvalue weighted by Crippen LogP contribution is 2.19. The van der Waals surface area contributed by atoms with Crippen LogP contribution in [0.5, 0.6) is 0 Å². The number of aromatic nitrogens is 5. The summed E-state index contributed by atoms with van der Waals surface area (Å²) in [4.78, 5) is 0. The molecular weight excluding hydrogens is 248 g/mol. The zero-order valence-electron chi connectivity index (χ0n) is 10.7. The van der Waals surface area contributed by atoms with Crippen LogP contribution in [0, 0.1) is 13.8 Å². The first-order chi connectivity index (χ1) is 8.49. The maximum atomic E-state index is 5.98. The number of nitrogen functional groups attached to an aromatic ring is 1. The van der Waals surface area contributed by atoms with Crippen LogP contribution in [0.4, 0.5) is 0 Å². The van der Waals surface area contributed by atoms with Crippen molar-refractivity contribution in [3.05, 3.63) is 29.6 Å². The summed E-state index contributed by atoms with van der Waals surface area (Å²) in [5.41, 5.74) is 2.96. The first kappa shape index (κ1) is 12.7. The Morgan fingerprint density at radius 3 is 2.72 bits per heavy atom. The van der Waals surface area contributed by atoms with Crippen molar-refractivity contribution in [1.29, 1.82) is 0 Å². The summed E-state index contributed by atoms with van der Waals surface area (Å²) in [7, 11) is 0. The summed E-state index contributed by atoms with van der Waals surface area (Å²) in [6.45, 7) is 9.69. The van der Waals surface area contributed by atoms with Gasteiger partial charge < -0.3 is 5.84 Å². The van der Waals surface area contributed by atoms with Gasteiger partial charge in [-0.05, 0) is 26.8 Å². The van der Waals surface area contributed by atoms with Gasteiger partial charge in [-0.25, -0.2) is 9.36 Å². The van der Waals surface area contributed by atoms with E-state index in [2.05, 4.69) is 21.9 Å². The number of rotatable bonds is 4. The molecule has 0 aliphatic heterocycles. The molecule has 0 saturated carbocycles. The number of nitrogens with zero attached hydrogens (tertiary/aromatic N) is 5. The van der Waals surface area contributed by atoms with Gasteiger partial charge in [0.25, 0.3) is 5.95 Å². The molecule has 0 bridgehead atoms. The Hall–Kier alpha value is -1.76. The van der Waals surface area contributed by atoms with E-state index in [1.165, 1.54) is 16.4 Å². The largest absolute Gasteiger partial charge is 0.334 e. The average Bonchev–Trinajstić information content (AvgIpc) is 2.79. The molecule has 0 amide bonds. The van der Waals surface area contributed by atoms with Crippen LogP contribution < -0.4 is 5.84 Å². The van der Waals surface area contributed by atoms with Gasteiger partial charge in [-0.3, -0.25) is 0 Å². The van der Waals surface area contributed by atoms with Crippen molar-refractivity contribution in [2.24, 2.45) is 0 Å². The van der Waals surface area contributed by atoms with Gasteiger partial charge in [-0.1, -0.05) is 23.9 Å². The van der Waals surface area contributed by atoms with Crippen LogP contribution in [0.15, 0.2) is 23.4 Å². The summed E-state index contributed by atoms with van der Waals surface area (Å²) in [5, 5.41) is 13.1. The quantitative estimate of drug-likeness (QED) is 0.514. The second-order valence-corrected chi connectivity index (χ2v) is 5.18. The molecule has 6 nitrogen and oxygen atoms in total. The Labute approximate surface area is 110 Å². The van der Waals surface area contributed by atoms with Crippen molar-refractivity contribution >= 4 is 11.8 Å². The van der Waals surface area contributed by atoms with Crippen LogP contribution in [0.1, 0.15) is 18.3 Å². The lowest BCUT2D eigenvalue weighted by Crippen LogP contribution is -2.17. The Bertz CT molecular complexity index is 582. The lowest BCUT2D eigenvalue weighted by atomic mass is 10.4. The first-order valence-electron chi connectivity index (χ1n) is 5.50.